The van der Waals surface area contributed by atoms with Gasteiger partial charge in [0.05, 0.1) is 0 Å². The van der Waals surface area contributed by atoms with Crippen molar-refractivity contribution in [2.45, 2.75) is 135 Å². The van der Waals surface area contributed by atoms with E-state index in [1.54, 1.807) is 0 Å². The molecule has 0 saturated carbocycles. The summed E-state index contributed by atoms with van der Waals surface area (Å²) in [6.45, 7) is 2.26. The Balaban J connectivity index is 3.99. The highest BCUT2D eigenvalue weighted by molar-refractivity contribution is 9.09. The number of unbranched alkanes of at least 4 members (excludes halogenated alkanes) is 13. The molecule has 0 aromatic heterocycles. The van der Waals surface area contributed by atoms with E-state index in [9.17, 15) is 4.79 Å². The standard InChI is InChI=1S/C24H47BrO2S/c1-2-3-4-5-8-13-18-23(19-14-9-7-12-17-22-28)27-24(26)20-15-10-6-11-16-21-25/h23,28H,2-22H2,1H3. The molecule has 2 nitrogen and oxygen atoms in total. The molecule has 0 aliphatic carbocycles. The highest BCUT2D eigenvalue weighted by atomic mass is 79.9. The molecule has 28 heavy (non-hydrogen) atoms. The maximum atomic E-state index is 12.3. The van der Waals surface area contributed by atoms with Gasteiger partial charge in [0.2, 0.25) is 0 Å². The van der Waals surface area contributed by atoms with Crippen LogP contribution in [0.2, 0.25) is 0 Å². The van der Waals surface area contributed by atoms with Crippen LogP contribution in [-0.4, -0.2) is 23.2 Å². The van der Waals surface area contributed by atoms with Gasteiger partial charge in [-0.25, -0.2) is 0 Å². The van der Waals surface area contributed by atoms with Crippen molar-refractivity contribution in [3.8, 4) is 0 Å². The second-order valence-electron chi connectivity index (χ2n) is 8.16. The Hall–Kier alpha value is 0.300. The minimum Gasteiger partial charge on any atom is -0.462 e. The van der Waals surface area contributed by atoms with Crippen molar-refractivity contribution in [2.75, 3.05) is 11.1 Å². The van der Waals surface area contributed by atoms with E-state index in [1.165, 1.54) is 89.9 Å². The first-order valence-electron chi connectivity index (χ1n) is 12.1. The fourth-order valence-corrected chi connectivity index (χ4v) is 4.19. The van der Waals surface area contributed by atoms with Crippen molar-refractivity contribution in [1.82, 2.24) is 0 Å². The number of carbonyl (C=O) groups excluding carboxylic acids is 1. The van der Waals surface area contributed by atoms with Crippen molar-refractivity contribution in [3.05, 3.63) is 0 Å². The number of esters is 1. The quantitative estimate of drug-likeness (QED) is 0.0728. The molecule has 0 bridgehead atoms. The van der Waals surface area contributed by atoms with E-state index in [0.29, 0.717) is 6.42 Å². The zero-order valence-electron chi connectivity index (χ0n) is 18.6. The van der Waals surface area contributed by atoms with Gasteiger partial charge >= 0.3 is 5.97 Å². The number of alkyl halides is 1. The van der Waals surface area contributed by atoms with Gasteiger partial charge in [-0.15, -0.1) is 0 Å². The Morgan fingerprint density at radius 2 is 1.25 bits per heavy atom. The monoisotopic (exact) mass is 478 g/mol. The van der Waals surface area contributed by atoms with Gasteiger partial charge in [0.15, 0.2) is 0 Å². The van der Waals surface area contributed by atoms with Gasteiger partial charge < -0.3 is 4.74 Å². The third kappa shape index (κ3) is 21.0. The van der Waals surface area contributed by atoms with E-state index < -0.39 is 0 Å². The zero-order chi connectivity index (χ0) is 20.7. The molecule has 0 aromatic rings. The molecule has 0 aromatic carbocycles. The van der Waals surface area contributed by atoms with Crippen LogP contribution < -0.4 is 0 Å². The predicted molar refractivity (Wildman–Crippen MR) is 131 cm³/mol. The predicted octanol–water partition coefficient (Wildman–Crippen LogP) is 8.65. The molecule has 1 unspecified atom stereocenters. The van der Waals surface area contributed by atoms with Gasteiger partial charge in [0.25, 0.3) is 0 Å². The lowest BCUT2D eigenvalue weighted by atomic mass is 10.0. The Kier molecular flexibility index (Phi) is 23.8. The van der Waals surface area contributed by atoms with Crippen LogP contribution in [0.3, 0.4) is 0 Å². The van der Waals surface area contributed by atoms with Gasteiger partial charge in [-0.1, -0.05) is 93.5 Å². The normalized spacial score (nSPS) is 12.2. The van der Waals surface area contributed by atoms with Crippen LogP contribution in [0.5, 0.6) is 0 Å². The minimum atomic E-state index is 0.0338. The lowest BCUT2D eigenvalue weighted by Gasteiger charge is -2.18. The van der Waals surface area contributed by atoms with Gasteiger partial charge in [0.1, 0.15) is 6.10 Å². The van der Waals surface area contributed by atoms with Gasteiger partial charge in [-0.2, -0.15) is 12.6 Å². The second-order valence-corrected chi connectivity index (χ2v) is 9.40. The van der Waals surface area contributed by atoms with E-state index in [0.717, 1.165) is 36.8 Å². The van der Waals surface area contributed by atoms with Crippen molar-refractivity contribution in [1.29, 1.82) is 0 Å². The molecule has 0 amide bonds. The van der Waals surface area contributed by atoms with Crippen molar-refractivity contribution in [3.63, 3.8) is 0 Å². The summed E-state index contributed by atoms with van der Waals surface area (Å²) in [6, 6.07) is 0. The molecular formula is C24H47BrO2S. The lowest BCUT2D eigenvalue weighted by Crippen LogP contribution is -2.18. The molecule has 0 aliphatic rings. The summed E-state index contributed by atoms with van der Waals surface area (Å²) in [4.78, 5) is 12.3. The van der Waals surface area contributed by atoms with Crippen molar-refractivity contribution in [2.24, 2.45) is 0 Å². The van der Waals surface area contributed by atoms with Crippen LogP contribution in [-0.2, 0) is 9.53 Å². The average molecular weight is 480 g/mol. The maximum Gasteiger partial charge on any atom is 0.306 e. The number of carbonyl (C=O) groups is 1. The van der Waals surface area contributed by atoms with E-state index in [4.69, 9.17) is 4.74 Å². The molecule has 0 N–H and O–H groups in total. The van der Waals surface area contributed by atoms with E-state index >= 15 is 0 Å². The molecule has 0 fully saturated rings. The summed E-state index contributed by atoms with van der Waals surface area (Å²) in [5, 5.41) is 1.09. The van der Waals surface area contributed by atoms with Crippen LogP contribution in [0.15, 0.2) is 0 Å². The third-order valence-corrected chi connectivity index (χ3v) is 6.25. The maximum absolute atomic E-state index is 12.3. The molecule has 0 heterocycles. The molecule has 0 spiro atoms. The number of hydrogen-bond acceptors (Lipinski definition) is 3. The first-order valence-corrected chi connectivity index (χ1v) is 13.9. The first kappa shape index (κ1) is 28.3. The highest BCUT2D eigenvalue weighted by Crippen LogP contribution is 2.18. The van der Waals surface area contributed by atoms with Crippen molar-refractivity contribution >= 4 is 34.5 Å². The largest absolute Gasteiger partial charge is 0.462 e. The minimum absolute atomic E-state index is 0.0338. The number of halogens is 1. The second kappa shape index (κ2) is 23.6. The molecule has 0 saturated heterocycles. The summed E-state index contributed by atoms with van der Waals surface area (Å²) in [5.41, 5.74) is 0. The van der Waals surface area contributed by atoms with Gasteiger partial charge in [-0.05, 0) is 50.7 Å². The molecule has 168 valence electrons. The number of thiol groups is 1. The fourth-order valence-electron chi connectivity index (χ4n) is 3.57. The van der Waals surface area contributed by atoms with Crippen LogP contribution >= 0.6 is 28.6 Å². The molecular weight excluding hydrogens is 432 g/mol. The van der Waals surface area contributed by atoms with Crippen LogP contribution in [0.1, 0.15) is 129 Å². The number of hydrogen-bond donors (Lipinski definition) is 1. The fraction of sp³-hybridized carbons (Fsp3) is 0.958. The van der Waals surface area contributed by atoms with E-state index in [2.05, 4.69) is 35.5 Å². The van der Waals surface area contributed by atoms with E-state index in [-0.39, 0.29) is 12.1 Å². The van der Waals surface area contributed by atoms with Crippen LogP contribution in [0.25, 0.3) is 0 Å². The van der Waals surface area contributed by atoms with Crippen LogP contribution in [0.4, 0.5) is 0 Å². The Bertz CT molecular complexity index is 310. The Morgan fingerprint density at radius 3 is 1.82 bits per heavy atom. The average Bonchev–Trinajstić information content (AvgIpc) is 2.69. The highest BCUT2D eigenvalue weighted by Gasteiger charge is 2.14. The molecule has 0 rings (SSSR count). The summed E-state index contributed by atoms with van der Waals surface area (Å²) in [6.07, 6.45) is 22.7. The summed E-state index contributed by atoms with van der Waals surface area (Å²) in [7, 11) is 0. The summed E-state index contributed by atoms with van der Waals surface area (Å²) in [5.74, 6) is 1.03. The molecule has 0 aliphatic heterocycles. The van der Waals surface area contributed by atoms with Crippen LogP contribution in [0, 0.1) is 0 Å². The Morgan fingerprint density at radius 1 is 0.750 bits per heavy atom. The third-order valence-electron chi connectivity index (χ3n) is 5.38. The lowest BCUT2D eigenvalue weighted by molar-refractivity contribution is -0.150. The summed E-state index contributed by atoms with van der Waals surface area (Å²) >= 11 is 7.74. The number of rotatable bonds is 22. The van der Waals surface area contributed by atoms with E-state index in [1.807, 2.05) is 0 Å². The van der Waals surface area contributed by atoms with Crippen molar-refractivity contribution < 1.29 is 9.53 Å². The zero-order valence-corrected chi connectivity index (χ0v) is 21.0. The molecule has 1 atom stereocenters. The summed E-state index contributed by atoms with van der Waals surface area (Å²) < 4.78 is 5.87. The molecule has 0 radical (unpaired) electrons. The van der Waals surface area contributed by atoms with Gasteiger partial charge in [-0.3, -0.25) is 4.79 Å². The topological polar surface area (TPSA) is 26.3 Å². The smallest absolute Gasteiger partial charge is 0.306 e. The first-order chi connectivity index (χ1) is 13.7. The SMILES string of the molecule is CCCCCCCCC(CCCCCCCS)OC(=O)CCCCCCCBr. The molecule has 4 heteroatoms. The number of ether oxygens (including phenoxy) is 1. The van der Waals surface area contributed by atoms with Gasteiger partial charge in [0, 0.05) is 11.8 Å². The Labute approximate surface area is 189 Å².